The summed E-state index contributed by atoms with van der Waals surface area (Å²) in [4.78, 5) is 58.4. The van der Waals surface area contributed by atoms with Crippen LogP contribution in [0.3, 0.4) is 0 Å². The highest BCUT2D eigenvalue weighted by Gasteiger charge is 2.21. The number of carbonyl (C=O) groups is 2. The van der Waals surface area contributed by atoms with Gasteiger partial charge in [-0.25, -0.2) is 9.59 Å². The summed E-state index contributed by atoms with van der Waals surface area (Å²) in [5.41, 5.74) is -0.789. The van der Waals surface area contributed by atoms with Gasteiger partial charge in [0.15, 0.2) is 11.5 Å². The molecule has 2 heterocycles. The Morgan fingerprint density at radius 3 is 2.20 bits per heavy atom. The van der Waals surface area contributed by atoms with Crippen LogP contribution in [-0.2, 0) is 13.1 Å². The number of hydrogen-bond donors (Lipinski definition) is 1. The van der Waals surface area contributed by atoms with Gasteiger partial charge >= 0.3 is 11.6 Å². The molecular weight excluding hydrogens is 406 g/mol. The Hall–Kier alpha value is -4.42. The molecule has 3 rings (SSSR count). The van der Waals surface area contributed by atoms with Crippen LogP contribution >= 0.6 is 0 Å². The van der Waals surface area contributed by atoms with Gasteiger partial charge in [0.05, 0.1) is 18.0 Å². The molecule has 156 valence electrons. The zero-order valence-electron chi connectivity index (χ0n) is 15.3. The fraction of sp³-hybridized carbons (Fsp3) is 0.176. The lowest BCUT2D eigenvalue weighted by Crippen LogP contribution is -2.27. The lowest BCUT2D eigenvalue weighted by atomic mass is 10.1. The molecule has 0 atom stereocenters. The molecule has 1 N–H and O–H groups in total. The van der Waals surface area contributed by atoms with Crippen molar-refractivity contribution in [2.24, 2.45) is 0 Å². The molecule has 30 heavy (non-hydrogen) atoms. The van der Waals surface area contributed by atoms with Gasteiger partial charge in [0.2, 0.25) is 0 Å². The standard InChI is InChI=1S/C17H13N3O10/c1-19(6-13-8-28-17(24)30-13)15(22)10-2-9(3-11(4-10)20(25)26)14(21)18-5-12-7-27-16(23)29-12/h2-4,7-8H,5-6H2,1H3,(H,18,21). The van der Waals surface area contributed by atoms with Gasteiger partial charge in [0.25, 0.3) is 17.5 Å². The molecule has 0 bridgehead atoms. The van der Waals surface area contributed by atoms with Gasteiger partial charge in [0.1, 0.15) is 12.5 Å². The van der Waals surface area contributed by atoms with E-state index in [0.29, 0.717) is 0 Å². The topological polar surface area (TPSA) is 179 Å². The summed E-state index contributed by atoms with van der Waals surface area (Å²) in [5.74, 6) is -3.19. The van der Waals surface area contributed by atoms with E-state index < -0.39 is 34.1 Å². The highest BCUT2D eigenvalue weighted by atomic mass is 16.6. The third-order valence-electron chi connectivity index (χ3n) is 3.80. The average molecular weight is 419 g/mol. The van der Waals surface area contributed by atoms with E-state index in [2.05, 4.69) is 18.6 Å². The minimum absolute atomic E-state index is 0.0384. The number of nitro groups is 1. The molecule has 0 saturated carbocycles. The van der Waals surface area contributed by atoms with E-state index >= 15 is 0 Å². The predicted molar refractivity (Wildman–Crippen MR) is 94.6 cm³/mol. The molecular formula is C17H13N3O10. The Morgan fingerprint density at radius 1 is 1.03 bits per heavy atom. The largest absolute Gasteiger partial charge is 0.518 e. The predicted octanol–water partition coefficient (Wildman–Crippen LogP) is 0.889. The Morgan fingerprint density at radius 2 is 1.63 bits per heavy atom. The minimum atomic E-state index is -0.945. The van der Waals surface area contributed by atoms with Gasteiger partial charge in [-0.3, -0.25) is 19.7 Å². The van der Waals surface area contributed by atoms with Crippen LogP contribution in [0.15, 0.2) is 58.0 Å². The number of nitrogens with one attached hydrogen (secondary N) is 1. The summed E-state index contributed by atoms with van der Waals surface area (Å²) in [6.07, 6.45) is 2.04. The van der Waals surface area contributed by atoms with Crippen molar-refractivity contribution in [2.45, 2.75) is 13.1 Å². The lowest BCUT2D eigenvalue weighted by Gasteiger charge is -2.15. The van der Waals surface area contributed by atoms with E-state index in [-0.39, 0.29) is 35.7 Å². The molecule has 0 radical (unpaired) electrons. The highest BCUT2D eigenvalue weighted by molar-refractivity contribution is 6.00. The summed E-state index contributed by atoms with van der Waals surface area (Å²) in [6.45, 7) is -0.357. The molecule has 13 nitrogen and oxygen atoms in total. The number of benzene rings is 1. The molecule has 0 fully saturated rings. The molecule has 0 aliphatic rings. The first-order valence-electron chi connectivity index (χ1n) is 8.21. The summed E-state index contributed by atoms with van der Waals surface area (Å²) in [6, 6.07) is 3.17. The van der Waals surface area contributed by atoms with Crippen molar-refractivity contribution < 1.29 is 32.2 Å². The molecule has 0 unspecified atom stereocenters. The Bertz CT molecular complexity index is 1210. The SMILES string of the molecule is CN(Cc1coc(=O)o1)C(=O)c1cc(C(=O)NCc2coc(=O)o2)cc([N+](=O)[O-])c1. The fourth-order valence-electron chi connectivity index (χ4n) is 2.45. The summed E-state index contributed by atoms with van der Waals surface area (Å²) in [5, 5.41) is 13.6. The van der Waals surface area contributed by atoms with Crippen LogP contribution in [0.1, 0.15) is 32.2 Å². The van der Waals surface area contributed by atoms with Crippen LogP contribution in [0, 0.1) is 10.1 Å². The number of hydrogen-bond acceptors (Lipinski definition) is 10. The first-order chi connectivity index (χ1) is 14.2. The monoisotopic (exact) mass is 419 g/mol. The molecule has 0 aliphatic heterocycles. The molecule has 2 amide bonds. The molecule has 3 aromatic rings. The van der Waals surface area contributed by atoms with E-state index in [4.69, 9.17) is 4.42 Å². The zero-order chi connectivity index (χ0) is 21.8. The summed E-state index contributed by atoms with van der Waals surface area (Å²) in [7, 11) is 1.37. The zero-order valence-corrected chi connectivity index (χ0v) is 15.3. The van der Waals surface area contributed by atoms with Gasteiger partial charge < -0.3 is 27.9 Å². The number of non-ortho nitro benzene ring substituents is 1. The number of carbonyl (C=O) groups excluding carboxylic acids is 2. The second-order valence-corrected chi connectivity index (χ2v) is 5.98. The second-order valence-electron chi connectivity index (χ2n) is 5.98. The van der Waals surface area contributed by atoms with Crippen LogP contribution in [0.4, 0.5) is 5.69 Å². The van der Waals surface area contributed by atoms with Crippen molar-refractivity contribution in [1.82, 2.24) is 10.2 Å². The number of nitrogens with zero attached hydrogens (tertiary/aromatic N) is 2. The number of nitro benzene ring substituents is 1. The van der Waals surface area contributed by atoms with E-state index in [1.54, 1.807) is 0 Å². The maximum absolute atomic E-state index is 12.6. The van der Waals surface area contributed by atoms with E-state index in [9.17, 15) is 29.3 Å². The van der Waals surface area contributed by atoms with Crippen LogP contribution in [0.25, 0.3) is 0 Å². The van der Waals surface area contributed by atoms with Gasteiger partial charge in [-0.1, -0.05) is 0 Å². The number of amides is 2. The van der Waals surface area contributed by atoms with E-state index in [0.717, 1.165) is 35.6 Å². The Kier molecular flexibility index (Phi) is 5.62. The van der Waals surface area contributed by atoms with Crippen molar-refractivity contribution in [3.05, 3.63) is 84.7 Å². The molecule has 0 saturated heterocycles. The van der Waals surface area contributed by atoms with Gasteiger partial charge in [-0.15, -0.1) is 0 Å². The molecule has 0 aliphatic carbocycles. The molecule has 1 aromatic carbocycles. The van der Waals surface area contributed by atoms with Crippen LogP contribution < -0.4 is 17.0 Å². The van der Waals surface area contributed by atoms with Crippen LogP contribution in [0.2, 0.25) is 0 Å². The maximum atomic E-state index is 12.6. The Balaban J connectivity index is 1.81. The van der Waals surface area contributed by atoms with Crippen molar-refractivity contribution >= 4 is 17.5 Å². The second kappa shape index (κ2) is 8.30. The van der Waals surface area contributed by atoms with Gasteiger partial charge in [-0.2, -0.15) is 0 Å². The first-order valence-corrected chi connectivity index (χ1v) is 8.21. The summed E-state index contributed by atoms with van der Waals surface area (Å²) >= 11 is 0. The third kappa shape index (κ3) is 4.70. The highest BCUT2D eigenvalue weighted by Crippen LogP contribution is 2.19. The first kappa shape index (κ1) is 20.3. The lowest BCUT2D eigenvalue weighted by molar-refractivity contribution is -0.384. The molecule has 0 spiro atoms. The summed E-state index contributed by atoms with van der Waals surface area (Å²) < 4.78 is 18.3. The molecule has 2 aromatic heterocycles. The van der Waals surface area contributed by atoms with E-state index in [1.807, 2.05) is 0 Å². The van der Waals surface area contributed by atoms with Crippen LogP contribution in [-0.4, -0.2) is 28.7 Å². The van der Waals surface area contributed by atoms with Crippen molar-refractivity contribution in [3.63, 3.8) is 0 Å². The quantitative estimate of drug-likeness (QED) is 0.427. The number of rotatable bonds is 7. The minimum Gasteiger partial charge on any atom is -0.399 e. The van der Waals surface area contributed by atoms with Gasteiger partial charge in [0, 0.05) is 30.3 Å². The maximum Gasteiger partial charge on any atom is 0.518 e. The van der Waals surface area contributed by atoms with Gasteiger partial charge in [-0.05, 0) is 6.07 Å². The third-order valence-corrected chi connectivity index (χ3v) is 3.80. The van der Waals surface area contributed by atoms with Crippen molar-refractivity contribution in [1.29, 1.82) is 0 Å². The smallest absolute Gasteiger partial charge is 0.399 e. The Labute approximate surface area is 165 Å². The fourth-order valence-corrected chi connectivity index (χ4v) is 2.45. The van der Waals surface area contributed by atoms with E-state index in [1.165, 1.54) is 7.05 Å². The van der Waals surface area contributed by atoms with Crippen molar-refractivity contribution in [2.75, 3.05) is 7.05 Å². The normalized spacial score (nSPS) is 10.6. The van der Waals surface area contributed by atoms with Crippen LogP contribution in [0.5, 0.6) is 0 Å². The average Bonchev–Trinajstić information content (AvgIpc) is 3.32. The van der Waals surface area contributed by atoms with Crippen molar-refractivity contribution in [3.8, 4) is 0 Å². The molecule has 13 heteroatoms.